The molecule has 2 aliphatic heterocycles. The van der Waals surface area contributed by atoms with Crippen LogP contribution in [0.3, 0.4) is 0 Å². The molecule has 8 heteroatoms. The van der Waals surface area contributed by atoms with Crippen LogP contribution in [0.15, 0.2) is 23.2 Å². The standard InChI is InChI=1S/C17H21ClN6O/c1-12-20-21-16-11-19-17(23-6-4-22(5-7-23)8-9-25)14-10-13(18)2-3-15(14)24(12)16/h2-3,10,25H,4-9,11H2,1H3. The molecule has 0 saturated carbocycles. The van der Waals surface area contributed by atoms with Gasteiger partial charge in [0.15, 0.2) is 5.82 Å². The molecule has 25 heavy (non-hydrogen) atoms. The molecular weight excluding hydrogens is 340 g/mol. The molecule has 1 aromatic carbocycles. The van der Waals surface area contributed by atoms with Crippen LogP contribution in [0, 0.1) is 6.92 Å². The van der Waals surface area contributed by atoms with Gasteiger partial charge in [0.2, 0.25) is 0 Å². The highest BCUT2D eigenvalue weighted by molar-refractivity contribution is 6.31. The molecule has 0 bridgehead atoms. The molecule has 1 fully saturated rings. The molecule has 0 radical (unpaired) electrons. The number of aliphatic hydroxyl groups is 1. The van der Waals surface area contributed by atoms with Crippen LogP contribution in [-0.2, 0) is 6.54 Å². The van der Waals surface area contributed by atoms with E-state index in [1.165, 1.54) is 0 Å². The maximum Gasteiger partial charge on any atom is 0.159 e. The molecule has 4 rings (SSSR count). The smallest absolute Gasteiger partial charge is 0.159 e. The second kappa shape index (κ2) is 6.74. The van der Waals surface area contributed by atoms with Gasteiger partial charge in [-0.25, -0.2) is 0 Å². The first kappa shape index (κ1) is 16.5. The zero-order valence-corrected chi connectivity index (χ0v) is 14.9. The maximum atomic E-state index is 9.12. The lowest BCUT2D eigenvalue weighted by Crippen LogP contribution is -2.49. The van der Waals surface area contributed by atoms with Crippen molar-refractivity contribution >= 4 is 17.4 Å². The van der Waals surface area contributed by atoms with Crippen LogP contribution < -0.4 is 0 Å². The first-order valence-electron chi connectivity index (χ1n) is 8.51. The van der Waals surface area contributed by atoms with E-state index < -0.39 is 0 Å². The SMILES string of the molecule is Cc1nnc2n1-c1ccc(Cl)cc1C(N1CCN(CCO)CC1)=NC2. The van der Waals surface area contributed by atoms with Gasteiger partial charge in [-0.1, -0.05) is 11.6 Å². The average molecular weight is 361 g/mol. The lowest BCUT2D eigenvalue weighted by atomic mass is 10.1. The Bertz CT molecular complexity index is 809. The second-order valence-electron chi connectivity index (χ2n) is 6.35. The summed E-state index contributed by atoms with van der Waals surface area (Å²) in [4.78, 5) is 9.42. The molecule has 0 spiro atoms. The number of amidine groups is 1. The average Bonchev–Trinajstić information content (AvgIpc) is 2.89. The van der Waals surface area contributed by atoms with Gasteiger partial charge < -0.3 is 10.0 Å². The van der Waals surface area contributed by atoms with E-state index in [1.54, 1.807) is 0 Å². The third kappa shape index (κ3) is 3.03. The van der Waals surface area contributed by atoms with Crippen LogP contribution in [0.5, 0.6) is 0 Å². The minimum Gasteiger partial charge on any atom is -0.395 e. The zero-order valence-electron chi connectivity index (χ0n) is 14.2. The Kier molecular flexibility index (Phi) is 4.45. The molecule has 1 aromatic heterocycles. The number of hydrogen-bond donors (Lipinski definition) is 1. The summed E-state index contributed by atoms with van der Waals surface area (Å²) >= 11 is 6.29. The molecule has 2 aliphatic rings. The number of hydrogen-bond acceptors (Lipinski definition) is 6. The summed E-state index contributed by atoms with van der Waals surface area (Å²) in [5.74, 6) is 2.66. The molecule has 3 heterocycles. The Morgan fingerprint density at radius 3 is 2.72 bits per heavy atom. The Hall–Kier alpha value is -1.96. The van der Waals surface area contributed by atoms with E-state index in [2.05, 4.69) is 24.6 Å². The molecule has 7 nitrogen and oxygen atoms in total. The number of aromatic nitrogens is 3. The minimum absolute atomic E-state index is 0.201. The monoisotopic (exact) mass is 360 g/mol. The number of piperazine rings is 1. The number of aliphatic hydroxyl groups excluding tert-OH is 1. The van der Waals surface area contributed by atoms with Crippen molar-refractivity contribution in [2.24, 2.45) is 4.99 Å². The Morgan fingerprint density at radius 1 is 1.16 bits per heavy atom. The van der Waals surface area contributed by atoms with Crippen molar-refractivity contribution in [1.82, 2.24) is 24.6 Å². The van der Waals surface area contributed by atoms with E-state index in [0.717, 1.165) is 61.5 Å². The number of fused-ring (bicyclic) bond motifs is 3. The van der Waals surface area contributed by atoms with E-state index in [9.17, 15) is 0 Å². The van der Waals surface area contributed by atoms with Gasteiger partial charge in [0.25, 0.3) is 0 Å². The number of aliphatic imine (C=N–C) groups is 1. The fourth-order valence-electron chi connectivity index (χ4n) is 3.53. The van der Waals surface area contributed by atoms with Crippen LogP contribution in [0.25, 0.3) is 5.69 Å². The first-order chi connectivity index (χ1) is 12.2. The normalized spacial score (nSPS) is 17.7. The van der Waals surface area contributed by atoms with Crippen LogP contribution in [-0.4, -0.2) is 74.8 Å². The van der Waals surface area contributed by atoms with Crippen molar-refractivity contribution in [1.29, 1.82) is 0 Å². The molecule has 0 unspecified atom stereocenters. The molecule has 1 saturated heterocycles. The van der Waals surface area contributed by atoms with Crippen LogP contribution in [0.1, 0.15) is 17.2 Å². The summed E-state index contributed by atoms with van der Waals surface area (Å²) in [6.07, 6.45) is 0. The van der Waals surface area contributed by atoms with Crippen molar-refractivity contribution < 1.29 is 5.11 Å². The Labute approximate surface area is 151 Å². The fraction of sp³-hybridized carbons (Fsp3) is 0.471. The summed E-state index contributed by atoms with van der Waals surface area (Å²) in [7, 11) is 0. The topological polar surface area (TPSA) is 69.8 Å². The Morgan fingerprint density at radius 2 is 1.96 bits per heavy atom. The lowest BCUT2D eigenvalue weighted by Gasteiger charge is -2.36. The number of benzene rings is 1. The van der Waals surface area contributed by atoms with E-state index in [1.807, 2.05) is 25.1 Å². The van der Waals surface area contributed by atoms with E-state index in [-0.39, 0.29) is 6.61 Å². The van der Waals surface area contributed by atoms with Gasteiger partial charge in [-0.3, -0.25) is 14.5 Å². The van der Waals surface area contributed by atoms with E-state index >= 15 is 0 Å². The summed E-state index contributed by atoms with van der Waals surface area (Å²) in [6, 6.07) is 5.89. The van der Waals surface area contributed by atoms with Crippen molar-refractivity contribution in [3.8, 4) is 5.69 Å². The Balaban J connectivity index is 1.71. The quantitative estimate of drug-likeness (QED) is 0.868. The predicted octanol–water partition coefficient (Wildman–Crippen LogP) is 1.10. The summed E-state index contributed by atoms with van der Waals surface area (Å²) in [6.45, 7) is 6.97. The summed E-state index contributed by atoms with van der Waals surface area (Å²) < 4.78 is 2.06. The van der Waals surface area contributed by atoms with Gasteiger partial charge in [0.05, 0.1) is 12.3 Å². The third-order valence-corrected chi connectivity index (χ3v) is 5.03. The van der Waals surface area contributed by atoms with Gasteiger partial charge in [-0.15, -0.1) is 10.2 Å². The van der Waals surface area contributed by atoms with Crippen LogP contribution >= 0.6 is 11.6 Å². The molecule has 132 valence electrons. The third-order valence-electron chi connectivity index (χ3n) is 4.79. The molecule has 0 aliphatic carbocycles. The second-order valence-corrected chi connectivity index (χ2v) is 6.79. The van der Waals surface area contributed by atoms with Gasteiger partial charge in [-0.05, 0) is 25.1 Å². The maximum absolute atomic E-state index is 9.12. The zero-order chi connectivity index (χ0) is 17.4. The minimum atomic E-state index is 0.201. The van der Waals surface area contributed by atoms with Crippen molar-refractivity contribution in [2.45, 2.75) is 13.5 Å². The van der Waals surface area contributed by atoms with Gasteiger partial charge in [0, 0.05) is 43.3 Å². The van der Waals surface area contributed by atoms with Gasteiger partial charge in [0.1, 0.15) is 18.2 Å². The highest BCUT2D eigenvalue weighted by atomic mass is 35.5. The number of aryl methyl sites for hydroxylation is 1. The molecular formula is C17H21ClN6O. The highest BCUT2D eigenvalue weighted by Crippen LogP contribution is 2.27. The molecule has 1 N–H and O–H groups in total. The number of β-amino-alcohol motifs (C(OH)–C–C–N with tert-alkyl or cyclic N) is 1. The number of rotatable bonds is 2. The van der Waals surface area contributed by atoms with Gasteiger partial charge >= 0.3 is 0 Å². The fourth-order valence-corrected chi connectivity index (χ4v) is 3.70. The predicted molar refractivity (Wildman–Crippen MR) is 96.4 cm³/mol. The van der Waals surface area contributed by atoms with Crippen molar-refractivity contribution in [3.63, 3.8) is 0 Å². The van der Waals surface area contributed by atoms with Crippen molar-refractivity contribution in [3.05, 3.63) is 40.4 Å². The van der Waals surface area contributed by atoms with E-state index in [4.69, 9.17) is 21.7 Å². The van der Waals surface area contributed by atoms with Crippen molar-refractivity contribution in [2.75, 3.05) is 39.3 Å². The van der Waals surface area contributed by atoms with Gasteiger partial charge in [-0.2, -0.15) is 0 Å². The largest absolute Gasteiger partial charge is 0.395 e. The number of halogens is 1. The first-order valence-corrected chi connectivity index (χ1v) is 8.89. The lowest BCUT2D eigenvalue weighted by molar-refractivity contribution is 0.147. The molecule has 2 aromatic rings. The summed E-state index contributed by atoms with van der Waals surface area (Å²) in [5.41, 5.74) is 2.04. The molecule has 0 amide bonds. The highest BCUT2D eigenvalue weighted by Gasteiger charge is 2.26. The number of nitrogens with zero attached hydrogens (tertiary/aromatic N) is 6. The van der Waals surface area contributed by atoms with Crippen LogP contribution in [0.4, 0.5) is 0 Å². The van der Waals surface area contributed by atoms with E-state index in [0.29, 0.717) is 11.6 Å². The molecule has 0 atom stereocenters. The van der Waals surface area contributed by atoms with Crippen LogP contribution in [0.2, 0.25) is 5.02 Å². The summed E-state index contributed by atoms with van der Waals surface area (Å²) in [5, 5.41) is 18.3.